The molecular formula is C17H26N4O. The van der Waals surface area contributed by atoms with E-state index in [1.807, 2.05) is 13.8 Å². The van der Waals surface area contributed by atoms with Gasteiger partial charge in [-0.1, -0.05) is 25.9 Å². The maximum Gasteiger partial charge on any atom is 0.138 e. The predicted molar refractivity (Wildman–Crippen MR) is 85.6 cm³/mol. The van der Waals surface area contributed by atoms with Crippen LogP contribution in [0.4, 0.5) is 0 Å². The molecule has 0 unspecified atom stereocenters. The Kier molecular flexibility index (Phi) is 3.85. The van der Waals surface area contributed by atoms with Crippen molar-refractivity contribution in [2.75, 3.05) is 6.54 Å². The van der Waals surface area contributed by atoms with Gasteiger partial charge >= 0.3 is 0 Å². The topological polar surface area (TPSA) is 58.0 Å². The number of nitrogens with one attached hydrogen (secondary N) is 1. The van der Waals surface area contributed by atoms with E-state index in [0.717, 1.165) is 30.2 Å². The number of rotatable bonds is 3. The normalized spacial score (nSPS) is 20.0. The lowest BCUT2D eigenvalue weighted by Crippen LogP contribution is -2.23. The quantitative estimate of drug-likeness (QED) is 0.940. The van der Waals surface area contributed by atoms with E-state index in [1.54, 1.807) is 0 Å². The van der Waals surface area contributed by atoms with Crippen LogP contribution in [0.2, 0.25) is 0 Å². The lowest BCUT2D eigenvalue weighted by atomic mass is 9.92. The second-order valence-electron chi connectivity index (χ2n) is 7.39. The minimum atomic E-state index is 0.0841. The number of likely N-dealkylation sites (tertiary alicyclic amines) is 1. The zero-order valence-corrected chi connectivity index (χ0v) is 14.2. The Morgan fingerprint density at radius 2 is 2.14 bits per heavy atom. The Hall–Kier alpha value is -1.62. The zero-order chi connectivity index (χ0) is 15.9. The molecule has 2 aromatic heterocycles. The Balaban J connectivity index is 1.78. The second-order valence-corrected chi connectivity index (χ2v) is 7.39. The van der Waals surface area contributed by atoms with Gasteiger partial charge in [0, 0.05) is 29.3 Å². The Bertz CT molecular complexity index is 630. The summed E-state index contributed by atoms with van der Waals surface area (Å²) in [6.45, 7) is 12.6. The molecule has 1 atom stereocenters. The summed E-state index contributed by atoms with van der Waals surface area (Å²) in [5.74, 6) is 0.953. The third kappa shape index (κ3) is 2.82. The molecule has 0 spiro atoms. The third-order valence-electron chi connectivity index (χ3n) is 4.56. The van der Waals surface area contributed by atoms with Crippen molar-refractivity contribution in [3.05, 3.63) is 34.5 Å². The first-order valence-corrected chi connectivity index (χ1v) is 8.08. The van der Waals surface area contributed by atoms with Gasteiger partial charge in [-0.15, -0.1) is 0 Å². The fourth-order valence-electron chi connectivity index (χ4n) is 3.35. The third-order valence-corrected chi connectivity index (χ3v) is 4.56. The Morgan fingerprint density at radius 1 is 1.36 bits per heavy atom. The van der Waals surface area contributed by atoms with Gasteiger partial charge in [0.1, 0.15) is 5.76 Å². The highest BCUT2D eigenvalue weighted by Gasteiger charge is 2.31. The van der Waals surface area contributed by atoms with Gasteiger partial charge < -0.3 is 4.52 Å². The van der Waals surface area contributed by atoms with Crippen LogP contribution < -0.4 is 0 Å². The highest BCUT2D eigenvalue weighted by molar-refractivity contribution is 5.26. The molecule has 1 saturated heterocycles. The van der Waals surface area contributed by atoms with Crippen molar-refractivity contribution in [2.24, 2.45) is 0 Å². The number of aromatic amines is 1. The van der Waals surface area contributed by atoms with E-state index in [4.69, 9.17) is 4.52 Å². The lowest BCUT2D eigenvalue weighted by molar-refractivity contribution is 0.242. The van der Waals surface area contributed by atoms with Gasteiger partial charge in [0.15, 0.2) is 0 Å². The molecule has 1 N–H and O–H groups in total. The minimum absolute atomic E-state index is 0.0841. The largest absolute Gasteiger partial charge is 0.361 e. The standard InChI is InChI=1S/C17H26N4O/c1-11-16(12(2)22-20-11)14-7-6-8-21(14)10-13-9-15(19-18-13)17(3,4)5/h9,14H,6-8,10H2,1-5H3,(H,18,19)/t14-/m1/s1. The molecule has 1 aliphatic heterocycles. The number of hydrogen-bond donors (Lipinski definition) is 1. The number of aromatic nitrogens is 3. The number of nitrogens with zero attached hydrogens (tertiary/aromatic N) is 3. The van der Waals surface area contributed by atoms with Gasteiger partial charge in [-0.3, -0.25) is 10.00 Å². The van der Waals surface area contributed by atoms with Crippen LogP contribution in [0.3, 0.4) is 0 Å². The molecule has 3 heterocycles. The maximum absolute atomic E-state index is 5.36. The molecule has 0 radical (unpaired) electrons. The van der Waals surface area contributed by atoms with Crippen LogP contribution in [-0.2, 0) is 12.0 Å². The van der Waals surface area contributed by atoms with Gasteiger partial charge in [0.05, 0.1) is 11.4 Å². The minimum Gasteiger partial charge on any atom is -0.361 e. The molecule has 120 valence electrons. The van der Waals surface area contributed by atoms with E-state index in [9.17, 15) is 0 Å². The Morgan fingerprint density at radius 3 is 2.73 bits per heavy atom. The molecule has 0 saturated carbocycles. The summed E-state index contributed by atoms with van der Waals surface area (Å²) in [4.78, 5) is 2.51. The summed E-state index contributed by atoms with van der Waals surface area (Å²) in [6, 6.07) is 2.61. The number of hydrogen-bond acceptors (Lipinski definition) is 4. The van der Waals surface area contributed by atoms with Gasteiger partial charge in [-0.2, -0.15) is 5.10 Å². The van der Waals surface area contributed by atoms with Gasteiger partial charge in [-0.25, -0.2) is 0 Å². The molecule has 5 heteroatoms. The van der Waals surface area contributed by atoms with E-state index in [-0.39, 0.29) is 5.41 Å². The molecule has 0 bridgehead atoms. The van der Waals surface area contributed by atoms with E-state index >= 15 is 0 Å². The summed E-state index contributed by atoms with van der Waals surface area (Å²) in [6.07, 6.45) is 2.39. The molecule has 2 aromatic rings. The van der Waals surface area contributed by atoms with E-state index < -0.39 is 0 Å². The van der Waals surface area contributed by atoms with Crippen LogP contribution in [0, 0.1) is 13.8 Å². The number of H-pyrrole nitrogens is 1. The van der Waals surface area contributed by atoms with E-state index in [1.165, 1.54) is 24.1 Å². The Labute approximate surface area is 132 Å². The first kappa shape index (κ1) is 15.3. The average Bonchev–Trinajstić information content (AvgIpc) is 3.12. The van der Waals surface area contributed by atoms with Crippen molar-refractivity contribution in [3.63, 3.8) is 0 Å². The van der Waals surface area contributed by atoms with Gasteiger partial charge in [0.2, 0.25) is 0 Å². The van der Waals surface area contributed by atoms with E-state index in [2.05, 4.69) is 47.1 Å². The van der Waals surface area contributed by atoms with Crippen LogP contribution in [0.15, 0.2) is 10.6 Å². The van der Waals surface area contributed by atoms with Crippen molar-refractivity contribution >= 4 is 0 Å². The smallest absolute Gasteiger partial charge is 0.138 e. The van der Waals surface area contributed by atoms with E-state index in [0.29, 0.717) is 6.04 Å². The maximum atomic E-state index is 5.36. The fraction of sp³-hybridized carbons (Fsp3) is 0.647. The van der Waals surface area contributed by atoms with Gasteiger partial charge in [-0.05, 0) is 39.3 Å². The predicted octanol–water partition coefficient (Wildman–Crippen LogP) is 3.65. The van der Waals surface area contributed by atoms with Crippen molar-refractivity contribution < 1.29 is 4.52 Å². The second kappa shape index (κ2) is 5.54. The molecule has 5 nitrogen and oxygen atoms in total. The summed E-state index contributed by atoms with van der Waals surface area (Å²) >= 11 is 0. The zero-order valence-electron chi connectivity index (χ0n) is 14.2. The van der Waals surface area contributed by atoms with Crippen LogP contribution in [0.5, 0.6) is 0 Å². The molecule has 3 rings (SSSR count). The summed E-state index contributed by atoms with van der Waals surface area (Å²) in [7, 11) is 0. The monoisotopic (exact) mass is 302 g/mol. The summed E-state index contributed by atoms with van der Waals surface area (Å²) in [5, 5.41) is 11.8. The van der Waals surface area contributed by atoms with Crippen molar-refractivity contribution in [1.82, 2.24) is 20.3 Å². The van der Waals surface area contributed by atoms with Gasteiger partial charge in [0.25, 0.3) is 0 Å². The summed E-state index contributed by atoms with van der Waals surface area (Å²) < 4.78 is 5.36. The van der Waals surface area contributed by atoms with Crippen molar-refractivity contribution in [2.45, 2.75) is 65.5 Å². The first-order valence-electron chi connectivity index (χ1n) is 8.08. The lowest BCUT2D eigenvalue weighted by Gasteiger charge is -2.23. The first-order chi connectivity index (χ1) is 10.4. The molecule has 1 fully saturated rings. The average molecular weight is 302 g/mol. The molecular weight excluding hydrogens is 276 g/mol. The van der Waals surface area contributed by atoms with Crippen LogP contribution >= 0.6 is 0 Å². The summed E-state index contributed by atoms with van der Waals surface area (Å²) in [5.41, 5.74) is 4.68. The van der Waals surface area contributed by atoms with Crippen molar-refractivity contribution in [3.8, 4) is 0 Å². The molecule has 0 amide bonds. The number of aryl methyl sites for hydroxylation is 2. The van der Waals surface area contributed by atoms with Crippen LogP contribution in [0.1, 0.15) is 68.1 Å². The highest BCUT2D eigenvalue weighted by Crippen LogP contribution is 2.36. The van der Waals surface area contributed by atoms with Crippen LogP contribution in [-0.4, -0.2) is 26.8 Å². The van der Waals surface area contributed by atoms with Crippen LogP contribution in [0.25, 0.3) is 0 Å². The SMILES string of the molecule is Cc1noc(C)c1[C@H]1CCCN1Cc1cc(C(C)(C)C)n[nH]1. The molecule has 0 aliphatic carbocycles. The molecule has 22 heavy (non-hydrogen) atoms. The van der Waals surface area contributed by atoms with Crippen molar-refractivity contribution in [1.29, 1.82) is 0 Å². The molecule has 1 aliphatic rings. The molecule has 0 aromatic carbocycles. The fourth-order valence-corrected chi connectivity index (χ4v) is 3.35. The highest BCUT2D eigenvalue weighted by atomic mass is 16.5.